The standard InChI is InChI=1S/C11H12ClN3S/c12-7-6-10-14-15-11(16-10)13-8-9-4-2-1-3-5-9/h1-5H,6-8H2,(H,13,15). The summed E-state index contributed by atoms with van der Waals surface area (Å²) in [7, 11) is 0. The second-order valence-corrected chi connectivity index (χ2v) is 4.72. The molecule has 0 spiro atoms. The summed E-state index contributed by atoms with van der Waals surface area (Å²) in [5.74, 6) is 0.591. The van der Waals surface area contributed by atoms with Crippen LogP contribution in [0.5, 0.6) is 0 Å². The maximum absolute atomic E-state index is 5.64. The van der Waals surface area contributed by atoms with E-state index in [2.05, 4.69) is 27.6 Å². The number of aryl methyl sites for hydroxylation is 1. The molecule has 1 N–H and O–H groups in total. The van der Waals surface area contributed by atoms with Crippen molar-refractivity contribution in [1.29, 1.82) is 0 Å². The molecule has 0 amide bonds. The molecule has 1 aromatic heterocycles. The quantitative estimate of drug-likeness (QED) is 0.833. The number of halogens is 1. The molecule has 2 rings (SSSR count). The number of nitrogens with zero attached hydrogens (tertiary/aromatic N) is 2. The zero-order valence-electron chi connectivity index (χ0n) is 8.69. The Bertz CT molecular complexity index is 430. The number of anilines is 1. The van der Waals surface area contributed by atoms with E-state index in [-0.39, 0.29) is 0 Å². The van der Waals surface area contributed by atoms with Crippen LogP contribution in [0, 0.1) is 0 Å². The highest BCUT2D eigenvalue weighted by atomic mass is 35.5. The molecule has 0 aliphatic carbocycles. The Morgan fingerprint density at radius 3 is 2.75 bits per heavy atom. The Morgan fingerprint density at radius 2 is 2.00 bits per heavy atom. The van der Waals surface area contributed by atoms with Crippen LogP contribution < -0.4 is 5.32 Å². The number of rotatable bonds is 5. The van der Waals surface area contributed by atoms with Crippen molar-refractivity contribution in [2.24, 2.45) is 0 Å². The van der Waals surface area contributed by atoms with Crippen molar-refractivity contribution in [3.8, 4) is 0 Å². The van der Waals surface area contributed by atoms with E-state index < -0.39 is 0 Å². The van der Waals surface area contributed by atoms with Crippen molar-refractivity contribution in [3.05, 3.63) is 40.9 Å². The number of nitrogens with one attached hydrogen (secondary N) is 1. The summed E-state index contributed by atoms with van der Waals surface area (Å²) < 4.78 is 0. The molecule has 84 valence electrons. The van der Waals surface area contributed by atoms with Crippen molar-refractivity contribution in [2.45, 2.75) is 13.0 Å². The molecule has 5 heteroatoms. The summed E-state index contributed by atoms with van der Waals surface area (Å²) in [4.78, 5) is 0. The zero-order valence-corrected chi connectivity index (χ0v) is 10.3. The lowest BCUT2D eigenvalue weighted by Crippen LogP contribution is -1.98. The van der Waals surface area contributed by atoms with Crippen molar-refractivity contribution >= 4 is 28.1 Å². The molecule has 0 saturated carbocycles. The van der Waals surface area contributed by atoms with Crippen molar-refractivity contribution in [1.82, 2.24) is 10.2 Å². The number of hydrogen-bond donors (Lipinski definition) is 1. The first-order valence-corrected chi connectivity index (χ1v) is 6.40. The van der Waals surface area contributed by atoms with E-state index in [1.807, 2.05) is 18.2 Å². The molecule has 2 aromatic rings. The van der Waals surface area contributed by atoms with E-state index in [4.69, 9.17) is 11.6 Å². The van der Waals surface area contributed by atoms with Crippen molar-refractivity contribution in [3.63, 3.8) is 0 Å². The van der Waals surface area contributed by atoms with Gasteiger partial charge in [-0.1, -0.05) is 41.7 Å². The van der Waals surface area contributed by atoms with Crippen LogP contribution in [0.25, 0.3) is 0 Å². The Morgan fingerprint density at radius 1 is 1.19 bits per heavy atom. The van der Waals surface area contributed by atoms with Gasteiger partial charge in [-0.15, -0.1) is 21.8 Å². The molecular weight excluding hydrogens is 242 g/mol. The van der Waals surface area contributed by atoms with Crippen LogP contribution in [0.2, 0.25) is 0 Å². The minimum atomic E-state index is 0.591. The minimum Gasteiger partial charge on any atom is -0.356 e. The van der Waals surface area contributed by atoms with Gasteiger partial charge in [-0.05, 0) is 5.56 Å². The summed E-state index contributed by atoms with van der Waals surface area (Å²) >= 11 is 7.20. The highest BCUT2D eigenvalue weighted by molar-refractivity contribution is 7.15. The Hall–Kier alpha value is -1.13. The van der Waals surface area contributed by atoms with Gasteiger partial charge in [0.1, 0.15) is 5.01 Å². The zero-order chi connectivity index (χ0) is 11.2. The molecule has 0 aliphatic rings. The first kappa shape index (κ1) is 11.4. The summed E-state index contributed by atoms with van der Waals surface area (Å²) in [6.45, 7) is 0.774. The molecular formula is C11H12ClN3S. The smallest absolute Gasteiger partial charge is 0.205 e. The van der Waals surface area contributed by atoms with Gasteiger partial charge in [0.2, 0.25) is 5.13 Å². The summed E-state index contributed by atoms with van der Waals surface area (Å²) in [5, 5.41) is 13.2. The van der Waals surface area contributed by atoms with Gasteiger partial charge in [0.25, 0.3) is 0 Å². The molecule has 0 bridgehead atoms. The lowest BCUT2D eigenvalue weighted by molar-refractivity contribution is 0.978. The van der Waals surface area contributed by atoms with Crippen LogP contribution in [0.3, 0.4) is 0 Å². The molecule has 0 aliphatic heterocycles. The summed E-state index contributed by atoms with van der Waals surface area (Å²) in [6, 6.07) is 10.2. The summed E-state index contributed by atoms with van der Waals surface area (Å²) in [5.41, 5.74) is 1.23. The van der Waals surface area contributed by atoms with E-state index >= 15 is 0 Å². The third-order valence-electron chi connectivity index (χ3n) is 2.06. The predicted octanol–water partition coefficient (Wildman–Crippen LogP) is 2.93. The molecule has 1 heterocycles. The summed E-state index contributed by atoms with van der Waals surface area (Å²) in [6.07, 6.45) is 0.784. The Balaban J connectivity index is 1.89. The van der Waals surface area contributed by atoms with Gasteiger partial charge in [-0.3, -0.25) is 0 Å². The van der Waals surface area contributed by atoms with Gasteiger partial charge >= 0.3 is 0 Å². The van der Waals surface area contributed by atoms with Crippen LogP contribution in [0.1, 0.15) is 10.6 Å². The van der Waals surface area contributed by atoms with E-state index in [1.165, 1.54) is 5.56 Å². The van der Waals surface area contributed by atoms with Gasteiger partial charge in [-0.2, -0.15) is 0 Å². The van der Waals surface area contributed by atoms with Crippen LogP contribution in [-0.4, -0.2) is 16.1 Å². The lowest BCUT2D eigenvalue weighted by atomic mass is 10.2. The second-order valence-electron chi connectivity index (χ2n) is 3.28. The molecule has 0 saturated heterocycles. The predicted molar refractivity (Wildman–Crippen MR) is 68.1 cm³/mol. The first-order chi connectivity index (χ1) is 7.88. The third kappa shape index (κ3) is 3.18. The molecule has 0 unspecified atom stereocenters. The van der Waals surface area contributed by atoms with Crippen LogP contribution >= 0.6 is 22.9 Å². The largest absolute Gasteiger partial charge is 0.356 e. The maximum atomic E-state index is 5.64. The van der Waals surface area contributed by atoms with Crippen LogP contribution in [0.4, 0.5) is 5.13 Å². The SMILES string of the molecule is ClCCc1nnc(NCc2ccccc2)s1. The molecule has 3 nitrogen and oxygen atoms in total. The number of hydrogen-bond acceptors (Lipinski definition) is 4. The van der Waals surface area contributed by atoms with E-state index in [0.717, 1.165) is 23.1 Å². The normalized spacial score (nSPS) is 10.3. The fourth-order valence-corrected chi connectivity index (χ4v) is 2.31. The number of alkyl halides is 1. The second kappa shape index (κ2) is 5.82. The Labute approximate surface area is 103 Å². The van der Waals surface area contributed by atoms with E-state index in [9.17, 15) is 0 Å². The van der Waals surface area contributed by atoms with Crippen molar-refractivity contribution in [2.75, 3.05) is 11.2 Å². The fourth-order valence-electron chi connectivity index (χ4n) is 1.28. The van der Waals surface area contributed by atoms with Gasteiger partial charge in [0.15, 0.2) is 0 Å². The highest BCUT2D eigenvalue weighted by Crippen LogP contribution is 2.16. The monoisotopic (exact) mass is 253 g/mol. The molecule has 16 heavy (non-hydrogen) atoms. The minimum absolute atomic E-state index is 0.591. The average molecular weight is 254 g/mol. The molecule has 0 fully saturated rings. The molecule has 0 radical (unpaired) electrons. The van der Waals surface area contributed by atoms with Gasteiger partial charge in [0.05, 0.1) is 0 Å². The molecule has 0 atom stereocenters. The lowest BCUT2D eigenvalue weighted by Gasteiger charge is -2.00. The third-order valence-corrected chi connectivity index (χ3v) is 3.19. The topological polar surface area (TPSA) is 37.8 Å². The highest BCUT2D eigenvalue weighted by Gasteiger charge is 2.02. The van der Waals surface area contributed by atoms with Gasteiger partial charge in [0, 0.05) is 18.8 Å². The number of benzene rings is 1. The van der Waals surface area contributed by atoms with Crippen LogP contribution in [-0.2, 0) is 13.0 Å². The first-order valence-electron chi connectivity index (χ1n) is 5.04. The average Bonchev–Trinajstić information content (AvgIpc) is 2.76. The fraction of sp³-hybridized carbons (Fsp3) is 0.273. The molecule has 1 aromatic carbocycles. The van der Waals surface area contributed by atoms with Crippen LogP contribution in [0.15, 0.2) is 30.3 Å². The van der Waals surface area contributed by atoms with Gasteiger partial charge < -0.3 is 5.32 Å². The van der Waals surface area contributed by atoms with Crippen molar-refractivity contribution < 1.29 is 0 Å². The maximum Gasteiger partial charge on any atom is 0.205 e. The number of aromatic nitrogens is 2. The van der Waals surface area contributed by atoms with Gasteiger partial charge in [-0.25, -0.2) is 0 Å². The Kier molecular flexibility index (Phi) is 4.13. The van der Waals surface area contributed by atoms with E-state index in [0.29, 0.717) is 5.88 Å². The van der Waals surface area contributed by atoms with E-state index in [1.54, 1.807) is 11.3 Å².